The van der Waals surface area contributed by atoms with Crippen LogP contribution in [0.3, 0.4) is 0 Å². The smallest absolute Gasteiger partial charge is 0.128 e. The summed E-state index contributed by atoms with van der Waals surface area (Å²) in [5, 5.41) is 3.44. The fourth-order valence-electron chi connectivity index (χ4n) is 1.97. The van der Waals surface area contributed by atoms with Crippen LogP contribution in [0.5, 0.6) is 5.75 Å². The summed E-state index contributed by atoms with van der Waals surface area (Å²) in [7, 11) is 3.86. The Hall–Kier alpha value is -1.13. The Kier molecular flexibility index (Phi) is 6.25. The third-order valence-corrected chi connectivity index (χ3v) is 3.57. The molecule has 0 aliphatic carbocycles. The van der Waals surface area contributed by atoms with Crippen LogP contribution in [0.15, 0.2) is 6.20 Å². The Morgan fingerprint density at radius 3 is 2.63 bits per heavy atom. The molecule has 0 amide bonds. The zero-order chi connectivity index (χ0) is 14.4. The third-order valence-electron chi connectivity index (χ3n) is 3.57. The van der Waals surface area contributed by atoms with Gasteiger partial charge in [-0.3, -0.25) is 4.98 Å². The molecule has 19 heavy (non-hydrogen) atoms. The summed E-state index contributed by atoms with van der Waals surface area (Å²) in [5.74, 6) is 0.950. The van der Waals surface area contributed by atoms with Gasteiger partial charge in [-0.25, -0.2) is 0 Å². The number of ether oxygens (including phenoxy) is 1. The molecule has 0 unspecified atom stereocenters. The summed E-state index contributed by atoms with van der Waals surface area (Å²) >= 11 is 0. The molecule has 1 aromatic rings. The van der Waals surface area contributed by atoms with Gasteiger partial charge in [-0.1, -0.05) is 0 Å². The van der Waals surface area contributed by atoms with Gasteiger partial charge in [-0.2, -0.15) is 0 Å². The Bertz CT molecular complexity index is 405. The number of nitrogens with zero attached hydrogens (tertiary/aromatic N) is 2. The molecule has 1 rings (SSSR count). The number of aromatic nitrogens is 1. The van der Waals surface area contributed by atoms with E-state index in [2.05, 4.69) is 43.0 Å². The van der Waals surface area contributed by atoms with Gasteiger partial charge in [0.15, 0.2) is 0 Å². The van der Waals surface area contributed by atoms with Crippen molar-refractivity contribution in [3.8, 4) is 5.75 Å². The molecule has 1 aromatic heterocycles. The van der Waals surface area contributed by atoms with Gasteiger partial charge >= 0.3 is 0 Å². The molecule has 0 aliphatic rings. The molecule has 0 aliphatic heterocycles. The van der Waals surface area contributed by atoms with Gasteiger partial charge in [0.05, 0.1) is 12.8 Å². The number of likely N-dealkylation sites (N-methyl/N-ethyl adjacent to an activating group) is 1. The molecule has 4 nitrogen and oxygen atoms in total. The lowest BCUT2D eigenvalue weighted by Crippen LogP contribution is -2.33. The molecular formula is C15H27N3O. The van der Waals surface area contributed by atoms with Crippen molar-refractivity contribution in [2.45, 2.75) is 40.3 Å². The fourth-order valence-corrected chi connectivity index (χ4v) is 1.97. The Labute approximate surface area is 117 Å². The number of methoxy groups -OCH3 is 1. The number of hydrogen-bond acceptors (Lipinski definition) is 4. The zero-order valence-corrected chi connectivity index (χ0v) is 13.1. The van der Waals surface area contributed by atoms with Gasteiger partial charge in [0.25, 0.3) is 0 Å². The van der Waals surface area contributed by atoms with E-state index >= 15 is 0 Å². The maximum Gasteiger partial charge on any atom is 0.128 e. The van der Waals surface area contributed by atoms with Crippen LogP contribution in [0, 0.1) is 13.8 Å². The van der Waals surface area contributed by atoms with Crippen LogP contribution in [0.2, 0.25) is 0 Å². The van der Waals surface area contributed by atoms with Crippen LogP contribution in [-0.4, -0.2) is 43.2 Å². The fraction of sp³-hybridized carbons (Fsp3) is 0.667. The second-order valence-electron chi connectivity index (χ2n) is 5.30. The van der Waals surface area contributed by atoms with Crippen molar-refractivity contribution in [3.05, 3.63) is 23.0 Å². The SMILES string of the molecule is COc1c(C)cnc(CNCCN(C)C(C)C)c1C. The maximum absolute atomic E-state index is 5.42. The largest absolute Gasteiger partial charge is 0.496 e. The van der Waals surface area contributed by atoms with Crippen LogP contribution in [0.1, 0.15) is 30.7 Å². The van der Waals surface area contributed by atoms with Crippen molar-refractivity contribution < 1.29 is 4.74 Å². The average Bonchev–Trinajstić information content (AvgIpc) is 2.37. The van der Waals surface area contributed by atoms with E-state index in [0.717, 1.165) is 42.2 Å². The molecule has 4 heteroatoms. The minimum Gasteiger partial charge on any atom is -0.496 e. The zero-order valence-electron chi connectivity index (χ0n) is 13.1. The summed E-state index contributed by atoms with van der Waals surface area (Å²) in [5.41, 5.74) is 3.28. The molecule has 0 fully saturated rings. The highest BCUT2D eigenvalue weighted by Crippen LogP contribution is 2.23. The van der Waals surface area contributed by atoms with E-state index in [1.54, 1.807) is 7.11 Å². The van der Waals surface area contributed by atoms with Crippen molar-refractivity contribution in [1.82, 2.24) is 15.2 Å². The van der Waals surface area contributed by atoms with Crippen molar-refractivity contribution in [2.24, 2.45) is 0 Å². The predicted molar refractivity (Wildman–Crippen MR) is 79.7 cm³/mol. The lowest BCUT2D eigenvalue weighted by atomic mass is 10.1. The minimum absolute atomic E-state index is 0.584. The van der Waals surface area contributed by atoms with Crippen LogP contribution in [-0.2, 0) is 6.54 Å². The van der Waals surface area contributed by atoms with E-state index in [9.17, 15) is 0 Å². The second kappa shape index (κ2) is 7.46. The quantitative estimate of drug-likeness (QED) is 0.767. The summed E-state index contributed by atoms with van der Waals surface area (Å²) < 4.78 is 5.42. The first-order valence-electron chi connectivity index (χ1n) is 6.87. The molecule has 108 valence electrons. The van der Waals surface area contributed by atoms with E-state index in [4.69, 9.17) is 4.74 Å². The van der Waals surface area contributed by atoms with E-state index in [-0.39, 0.29) is 0 Å². The van der Waals surface area contributed by atoms with Crippen molar-refractivity contribution in [3.63, 3.8) is 0 Å². The molecule has 1 N–H and O–H groups in total. The van der Waals surface area contributed by atoms with Gasteiger partial charge in [0, 0.05) is 43.0 Å². The highest BCUT2D eigenvalue weighted by molar-refractivity contribution is 5.40. The number of rotatable bonds is 7. The van der Waals surface area contributed by atoms with Gasteiger partial charge in [-0.05, 0) is 34.7 Å². The van der Waals surface area contributed by atoms with Crippen LogP contribution < -0.4 is 10.1 Å². The van der Waals surface area contributed by atoms with Gasteiger partial charge in [0.1, 0.15) is 5.75 Å². The molecular weight excluding hydrogens is 238 g/mol. The molecule has 0 spiro atoms. The topological polar surface area (TPSA) is 37.4 Å². The summed E-state index contributed by atoms with van der Waals surface area (Å²) in [6.45, 7) is 11.3. The van der Waals surface area contributed by atoms with Crippen LogP contribution in [0.25, 0.3) is 0 Å². The van der Waals surface area contributed by atoms with Crippen LogP contribution >= 0.6 is 0 Å². The Morgan fingerprint density at radius 2 is 2.05 bits per heavy atom. The number of pyridine rings is 1. The maximum atomic E-state index is 5.42. The first-order chi connectivity index (χ1) is 8.97. The lowest BCUT2D eigenvalue weighted by Gasteiger charge is -2.21. The van der Waals surface area contributed by atoms with Crippen molar-refractivity contribution in [1.29, 1.82) is 0 Å². The van der Waals surface area contributed by atoms with Crippen molar-refractivity contribution >= 4 is 0 Å². The molecule has 0 saturated carbocycles. The minimum atomic E-state index is 0.584. The van der Waals surface area contributed by atoms with E-state index < -0.39 is 0 Å². The normalized spacial score (nSPS) is 11.4. The molecule has 0 bridgehead atoms. The molecule has 0 radical (unpaired) electrons. The van der Waals surface area contributed by atoms with E-state index in [1.165, 1.54) is 0 Å². The van der Waals surface area contributed by atoms with Gasteiger partial charge in [0.2, 0.25) is 0 Å². The second-order valence-corrected chi connectivity index (χ2v) is 5.30. The molecule has 0 saturated heterocycles. The lowest BCUT2D eigenvalue weighted by molar-refractivity contribution is 0.273. The van der Waals surface area contributed by atoms with E-state index in [0.29, 0.717) is 6.04 Å². The number of hydrogen-bond donors (Lipinski definition) is 1. The average molecular weight is 265 g/mol. The highest BCUT2D eigenvalue weighted by Gasteiger charge is 2.09. The summed E-state index contributed by atoms with van der Waals surface area (Å²) in [6.07, 6.45) is 1.88. The van der Waals surface area contributed by atoms with Gasteiger partial charge < -0.3 is 15.0 Å². The number of nitrogens with one attached hydrogen (secondary N) is 1. The number of aryl methyl sites for hydroxylation is 1. The Morgan fingerprint density at radius 1 is 1.37 bits per heavy atom. The molecule has 1 heterocycles. The highest BCUT2D eigenvalue weighted by atomic mass is 16.5. The summed E-state index contributed by atoms with van der Waals surface area (Å²) in [6, 6.07) is 0.584. The molecule has 0 aromatic carbocycles. The monoisotopic (exact) mass is 265 g/mol. The van der Waals surface area contributed by atoms with Crippen molar-refractivity contribution in [2.75, 3.05) is 27.2 Å². The van der Waals surface area contributed by atoms with E-state index in [1.807, 2.05) is 13.1 Å². The Balaban J connectivity index is 2.50. The molecule has 0 atom stereocenters. The summed E-state index contributed by atoms with van der Waals surface area (Å²) in [4.78, 5) is 6.80. The first kappa shape index (κ1) is 15.9. The third kappa shape index (κ3) is 4.48. The first-order valence-corrected chi connectivity index (χ1v) is 6.87. The standard InChI is InChI=1S/C15H27N3O/c1-11(2)18(5)8-7-16-10-14-13(4)15(19-6)12(3)9-17-14/h9,11,16H,7-8,10H2,1-6H3. The predicted octanol–water partition coefficient (Wildman–Crippen LogP) is 2.14. The van der Waals surface area contributed by atoms with Crippen LogP contribution in [0.4, 0.5) is 0 Å². The van der Waals surface area contributed by atoms with Gasteiger partial charge in [-0.15, -0.1) is 0 Å².